The summed E-state index contributed by atoms with van der Waals surface area (Å²) in [4.78, 5) is 25.6. The molecule has 1 aromatic carbocycles. The number of nitrogens with one attached hydrogen (secondary N) is 1. The van der Waals surface area contributed by atoms with Crippen molar-refractivity contribution in [3.63, 3.8) is 0 Å². The lowest BCUT2D eigenvalue weighted by molar-refractivity contribution is 0.0601. The number of esters is 1. The van der Waals surface area contributed by atoms with E-state index in [0.717, 1.165) is 19.3 Å². The average Bonchev–Trinajstić information content (AvgIpc) is 2.54. The van der Waals surface area contributed by atoms with Crippen LogP contribution in [0.4, 0.5) is 10.5 Å². The molecule has 0 radical (unpaired) electrons. The first-order valence-electron chi connectivity index (χ1n) is 7.22. The average molecular weight is 326 g/mol. The van der Waals surface area contributed by atoms with E-state index < -0.39 is 5.97 Å². The third-order valence-electron chi connectivity index (χ3n) is 3.79. The minimum atomic E-state index is -0.512. The van der Waals surface area contributed by atoms with E-state index in [4.69, 9.17) is 17.3 Å². The summed E-state index contributed by atoms with van der Waals surface area (Å²) in [6, 6.07) is 4.56. The lowest BCUT2D eigenvalue weighted by atomic mass is 10.0. The number of ether oxygens (including phenoxy) is 1. The van der Waals surface area contributed by atoms with Crippen molar-refractivity contribution in [1.82, 2.24) is 4.90 Å². The molecule has 1 aliphatic rings. The second-order valence-electron chi connectivity index (χ2n) is 5.20. The SMILES string of the molecule is COC(=O)c1ccc(NC(=O)N2CCCC[C@@H]2CN)cc1Cl. The largest absolute Gasteiger partial charge is 0.465 e. The maximum Gasteiger partial charge on any atom is 0.339 e. The van der Waals surface area contributed by atoms with Crippen molar-refractivity contribution in [1.29, 1.82) is 0 Å². The zero-order chi connectivity index (χ0) is 16.1. The number of methoxy groups -OCH3 is 1. The fraction of sp³-hybridized carbons (Fsp3) is 0.467. The van der Waals surface area contributed by atoms with Crippen LogP contribution < -0.4 is 11.1 Å². The molecule has 0 spiro atoms. The van der Waals surface area contributed by atoms with Crippen LogP contribution >= 0.6 is 11.6 Å². The van der Waals surface area contributed by atoms with Gasteiger partial charge in [0.2, 0.25) is 0 Å². The summed E-state index contributed by atoms with van der Waals surface area (Å²) in [5, 5.41) is 3.03. The van der Waals surface area contributed by atoms with E-state index in [0.29, 0.717) is 18.8 Å². The Labute approximate surface area is 134 Å². The number of carbonyl (C=O) groups excluding carboxylic acids is 2. The number of piperidine rings is 1. The maximum atomic E-state index is 12.3. The summed E-state index contributed by atoms with van der Waals surface area (Å²) < 4.78 is 4.63. The quantitative estimate of drug-likeness (QED) is 0.836. The zero-order valence-electron chi connectivity index (χ0n) is 12.5. The first-order chi connectivity index (χ1) is 10.6. The molecule has 6 nitrogen and oxygen atoms in total. The fourth-order valence-electron chi connectivity index (χ4n) is 2.58. The van der Waals surface area contributed by atoms with Gasteiger partial charge in [-0.15, -0.1) is 0 Å². The Kier molecular flexibility index (Phi) is 5.63. The number of nitrogens with zero attached hydrogens (tertiary/aromatic N) is 1. The van der Waals surface area contributed by atoms with Gasteiger partial charge in [-0.3, -0.25) is 0 Å². The Morgan fingerprint density at radius 3 is 2.86 bits per heavy atom. The van der Waals surface area contributed by atoms with E-state index >= 15 is 0 Å². The molecular weight excluding hydrogens is 306 g/mol. The molecule has 0 unspecified atom stereocenters. The number of anilines is 1. The van der Waals surface area contributed by atoms with Crippen molar-refractivity contribution in [2.24, 2.45) is 5.73 Å². The van der Waals surface area contributed by atoms with Crippen LogP contribution in [0, 0.1) is 0 Å². The summed E-state index contributed by atoms with van der Waals surface area (Å²) >= 11 is 6.04. The normalized spacial score (nSPS) is 18.0. The van der Waals surface area contributed by atoms with Gasteiger partial charge in [0.15, 0.2) is 0 Å². The third kappa shape index (κ3) is 3.69. The summed E-state index contributed by atoms with van der Waals surface area (Å²) in [7, 11) is 1.29. The van der Waals surface area contributed by atoms with Gasteiger partial charge in [0, 0.05) is 24.8 Å². The van der Waals surface area contributed by atoms with Gasteiger partial charge >= 0.3 is 12.0 Å². The molecular formula is C15H20ClN3O3. The lowest BCUT2D eigenvalue weighted by Crippen LogP contribution is -2.49. The molecule has 2 rings (SSSR count). The standard InChI is InChI=1S/C15H20ClN3O3/c1-22-14(20)12-6-5-10(8-13(12)16)18-15(21)19-7-3-2-4-11(19)9-17/h5-6,8,11H,2-4,7,9,17H2,1H3,(H,18,21)/t11-/m1/s1. The van der Waals surface area contributed by atoms with Crippen LogP contribution in [0.25, 0.3) is 0 Å². The van der Waals surface area contributed by atoms with Crippen molar-refractivity contribution >= 4 is 29.3 Å². The molecule has 1 aliphatic heterocycles. The van der Waals surface area contributed by atoms with Crippen LogP contribution in [0.3, 0.4) is 0 Å². The van der Waals surface area contributed by atoms with Gasteiger partial charge < -0.3 is 20.7 Å². The lowest BCUT2D eigenvalue weighted by Gasteiger charge is -2.35. The minimum absolute atomic E-state index is 0.0681. The predicted molar refractivity (Wildman–Crippen MR) is 85.2 cm³/mol. The number of rotatable bonds is 3. The van der Waals surface area contributed by atoms with E-state index in [1.807, 2.05) is 0 Å². The first kappa shape index (κ1) is 16.6. The van der Waals surface area contributed by atoms with Crippen LogP contribution in [0.15, 0.2) is 18.2 Å². The van der Waals surface area contributed by atoms with Gasteiger partial charge in [0.1, 0.15) is 0 Å². The molecule has 22 heavy (non-hydrogen) atoms. The summed E-state index contributed by atoms with van der Waals surface area (Å²) in [6.45, 7) is 1.15. The fourth-order valence-corrected chi connectivity index (χ4v) is 2.83. The molecule has 1 atom stereocenters. The Balaban J connectivity index is 2.08. The number of amides is 2. The van der Waals surface area contributed by atoms with E-state index in [1.54, 1.807) is 11.0 Å². The van der Waals surface area contributed by atoms with Crippen LogP contribution in [-0.2, 0) is 4.74 Å². The van der Waals surface area contributed by atoms with Gasteiger partial charge in [-0.2, -0.15) is 0 Å². The minimum Gasteiger partial charge on any atom is -0.465 e. The number of likely N-dealkylation sites (tertiary alicyclic amines) is 1. The Morgan fingerprint density at radius 1 is 1.45 bits per heavy atom. The summed E-state index contributed by atoms with van der Waals surface area (Å²) in [6.07, 6.45) is 2.99. The third-order valence-corrected chi connectivity index (χ3v) is 4.10. The van der Waals surface area contributed by atoms with Gasteiger partial charge in [-0.05, 0) is 37.5 Å². The molecule has 1 saturated heterocycles. The van der Waals surface area contributed by atoms with Crippen molar-refractivity contribution in [2.75, 3.05) is 25.5 Å². The van der Waals surface area contributed by atoms with Crippen LogP contribution in [0.2, 0.25) is 5.02 Å². The van der Waals surface area contributed by atoms with Gasteiger partial charge in [0.05, 0.1) is 17.7 Å². The number of hydrogen-bond donors (Lipinski definition) is 2. The molecule has 0 aromatic heterocycles. The van der Waals surface area contributed by atoms with Gasteiger partial charge in [0.25, 0.3) is 0 Å². The predicted octanol–water partition coefficient (Wildman–Crippen LogP) is 2.47. The molecule has 1 heterocycles. The highest BCUT2D eigenvalue weighted by molar-refractivity contribution is 6.33. The Hall–Kier alpha value is -1.79. The highest BCUT2D eigenvalue weighted by atomic mass is 35.5. The monoisotopic (exact) mass is 325 g/mol. The van der Waals surface area contributed by atoms with Gasteiger partial charge in [-0.25, -0.2) is 9.59 Å². The Morgan fingerprint density at radius 2 is 2.23 bits per heavy atom. The number of nitrogens with two attached hydrogens (primary N) is 1. The number of urea groups is 1. The van der Waals surface area contributed by atoms with E-state index in [2.05, 4.69) is 10.1 Å². The first-order valence-corrected chi connectivity index (χ1v) is 7.60. The van der Waals surface area contributed by atoms with E-state index in [-0.39, 0.29) is 22.7 Å². The Bertz CT molecular complexity index is 565. The summed E-state index contributed by atoms with van der Waals surface area (Å²) in [5.41, 5.74) is 6.52. The van der Waals surface area contributed by atoms with Gasteiger partial charge in [-0.1, -0.05) is 11.6 Å². The molecule has 0 bridgehead atoms. The zero-order valence-corrected chi connectivity index (χ0v) is 13.2. The maximum absolute atomic E-state index is 12.3. The number of hydrogen-bond acceptors (Lipinski definition) is 4. The van der Waals surface area contributed by atoms with Crippen LogP contribution in [-0.4, -0.2) is 43.1 Å². The van der Waals surface area contributed by atoms with Crippen molar-refractivity contribution in [2.45, 2.75) is 25.3 Å². The molecule has 3 N–H and O–H groups in total. The molecule has 120 valence electrons. The highest BCUT2D eigenvalue weighted by Gasteiger charge is 2.25. The topological polar surface area (TPSA) is 84.7 Å². The molecule has 1 fully saturated rings. The van der Waals surface area contributed by atoms with E-state index in [1.165, 1.54) is 19.2 Å². The molecule has 7 heteroatoms. The molecule has 2 amide bonds. The number of benzene rings is 1. The smallest absolute Gasteiger partial charge is 0.339 e. The van der Waals surface area contributed by atoms with Crippen LogP contribution in [0.5, 0.6) is 0 Å². The van der Waals surface area contributed by atoms with Crippen LogP contribution in [0.1, 0.15) is 29.6 Å². The molecule has 0 aliphatic carbocycles. The summed E-state index contributed by atoms with van der Waals surface area (Å²) in [5.74, 6) is -0.512. The van der Waals surface area contributed by atoms with Crippen molar-refractivity contribution in [3.8, 4) is 0 Å². The second-order valence-corrected chi connectivity index (χ2v) is 5.60. The van der Waals surface area contributed by atoms with Crippen molar-refractivity contribution < 1.29 is 14.3 Å². The number of carbonyl (C=O) groups is 2. The number of halogens is 1. The highest BCUT2D eigenvalue weighted by Crippen LogP contribution is 2.23. The molecule has 1 aromatic rings. The van der Waals surface area contributed by atoms with Crippen molar-refractivity contribution in [3.05, 3.63) is 28.8 Å². The second kappa shape index (κ2) is 7.47. The van der Waals surface area contributed by atoms with E-state index in [9.17, 15) is 9.59 Å². The molecule has 0 saturated carbocycles.